The highest BCUT2D eigenvalue weighted by atomic mass is 16.3. The molecule has 3 heteroatoms. The van der Waals surface area contributed by atoms with Gasteiger partial charge in [-0.05, 0) is 5.56 Å². The van der Waals surface area contributed by atoms with Crippen molar-refractivity contribution in [3.05, 3.63) is 54.1 Å². The van der Waals surface area contributed by atoms with E-state index < -0.39 is 0 Å². The first-order valence-corrected chi connectivity index (χ1v) is 5.05. The fourth-order valence-electron chi connectivity index (χ4n) is 1.59. The van der Waals surface area contributed by atoms with E-state index >= 15 is 0 Å². The maximum Gasteiger partial charge on any atom is 0.111 e. The SMILES string of the molecule is OCCc1nccn1Cc1ccccc1. The van der Waals surface area contributed by atoms with E-state index in [1.807, 2.05) is 24.4 Å². The van der Waals surface area contributed by atoms with E-state index in [1.165, 1.54) is 5.56 Å². The van der Waals surface area contributed by atoms with Crippen LogP contribution in [0.2, 0.25) is 0 Å². The van der Waals surface area contributed by atoms with Crippen LogP contribution in [0.3, 0.4) is 0 Å². The number of nitrogens with zero attached hydrogens (tertiary/aromatic N) is 2. The number of imidazole rings is 1. The normalized spacial score (nSPS) is 10.5. The monoisotopic (exact) mass is 202 g/mol. The summed E-state index contributed by atoms with van der Waals surface area (Å²) >= 11 is 0. The van der Waals surface area contributed by atoms with E-state index in [-0.39, 0.29) is 6.61 Å². The molecule has 0 fully saturated rings. The van der Waals surface area contributed by atoms with Crippen molar-refractivity contribution in [2.45, 2.75) is 13.0 Å². The van der Waals surface area contributed by atoms with Gasteiger partial charge in [-0.3, -0.25) is 0 Å². The molecule has 0 spiro atoms. The van der Waals surface area contributed by atoms with Crippen LogP contribution in [-0.4, -0.2) is 21.3 Å². The van der Waals surface area contributed by atoms with Crippen LogP contribution in [-0.2, 0) is 13.0 Å². The van der Waals surface area contributed by atoms with Gasteiger partial charge in [0, 0.05) is 25.4 Å². The van der Waals surface area contributed by atoms with Gasteiger partial charge in [0.05, 0.1) is 6.61 Å². The summed E-state index contributed by atoms with van der Waals surface area (Å²) in [6.07, 6.45) is 4.33. The zero-order valence-corrected chi connectivity index (χ0v) is 8.50. The van der Waals surface area contributed by atoms with Crippen LogP contribution in [0.4, 0.5) is 0 Å². The molecule has 0 aliphatic rings. The van der Waals surface area contributed by atoms with Gasteiger partial charge in [0.15, 0.2) is 0 Å². The average molecular weight is 202 g/mol. The number of aliphatic hydroxyl groups is 1. The van der Waals surface area contributed by atoms with Crippen molar-refractivity contribution in [3.63, 3.8) is 0 Å². The fraction of sp³-hybridized carbons (Fsp3) is 0.250. The first-order valence-electron chi connectivity index (χ1n) is 5.05. The topological polar surface area (TPSA) is 38.1 Å². The molecule has 0 saturated carbocycles. The minimum atomic E-state index is 0.145. The Labute approximate surface area is 89.0 Å². The smallest absolute Gasteiger partial charge is 0.111 e. The van der Waals surface area contributed by atoms with Crippen LogP contribution in [0.5, 0.6) is 0 Å². The Kier molecular flexibility index (Phi) is 3.15. The van der Waals surface area contributed by atoms with Gasteiger partial charge >= 0.3 is 0 Å². The third-order valence-electron chi connectivity index (χ3n) is 2.33. The first-order chi connectivity index (χ1) is 7.40. The molecule has 0 unspecified atom stereocenters. The zero-order chi connectivity index (χ0) is 10.5. The van der Waals surface area contributed by atoms with Gasteiger partial charge in [-0.25, -0.2) is 4.98 Å². The molecule has 0 aliphatic carbocycles. The Morgan fingerprint density at radius 3 is 2.73 bits per heavy atom. The molecular formula is C12H14N2O. The lowest BCUT2D eigenvalue weighted by molar-refractivity contribution is 0.295. The molecule has 3 nitrogen and oxygen atoms in total. The van der Waals surface area contributed by atoms with Gasteiger partial charge < -0.3 is 9.67 Å². The molecule has 2 rings (SSSR count). The lowest BCUT2D eigenvalue weighted by atomic mass is 10.2. The van der Waals surface area contributed by atoms with Crippen molar-refractivity contribution < 1.29 is 5.11 Å². The van der Waals surface area contributed by atoms with Gasteiger partial charge in [0.1, 0.15) is 5.82 Å². The molecular weight excluding hydrogens is 188 g/mol. The molecule has 1 N–H and O–H groups in total. The maximum absolute atomic E-state index is 8.88. The van der Waals surface area contributed by atoms with Crippen molar-refractivity contribution in [1.82, 2.24) is 9.55 Å². The average Bonchev–Trinajstić information content (AvgIpc) is 2.68. The molecule has 78 valence electrons. The second-order valence-electron chi connectivity index (χ2n) is 3.43. The van der Waals surface area contributed by atoms with E-state index in [1.54, 1.807) is 6.20 Å². The van der Waals surface area contributed by atoms with E-state index in [0.717, 1.165) is 12.4 Å². The van der Waals surface area contributed by atoms with Crippen LogP contribution in [0, 0.1) is 0 Å². The van der Waals surface area contributed by atoms with Gasteiger partial charge in [0.2, 0.25) is 0 Å². The van der Waals surface area contributed by atoms with Crippen LogP contribution >= 0.6 is 0 Å². The number of rotatable bonds is 4. The zero-order valence-electron chi connectivity index (χ0n) is 8.50. The number of aromatic nitrogens is 2. The maximum atomic E-state index is 8.88. The molecule has 15 heavy (non-hydrogen) atoms. The van der Waals surface area contributed by atoms with Gasteiger partial charge in [0.25, 0.3) is 0 Å². The summed E-state index contributed by atoms with van der Waals surface area (Å²) in [6.45, 7) is 0.960. The minimum Gasteiger partial charge on any atom is -0.396 e. The van der Waals surface area contributed by atoms with Crippen LogP contribution in [0.15, 0.2) is 42.7 Å². The van der Waals surface area contributed by atoms with Crippen LogP contribution in [0.1, 0.15) is 11.4 Å². The molecule has 2 aromatic rings. The summed E-state index contributed by atoms with van der Waals surface area (Å²) in [5.74, 6) is 0.932. The molecule has 1 heterocycles. The quantitative estimate of drug-likeness (QED) is 0.815. The van der Waals surface area contributed by atoms with E-state index in [2.05, 4.69) is 21.7 Å². The largest absolute Gasteiger partial charge is 0.396 e. The highest BCUT2D eigenvalue weighted by molar-refractivity contribution is 5.15. The molecule has 1 aromatic heterocycles. The highest BCUT2D eigenvalue weighted by Gasteiger charge is 2.01. The number of benzene rings is 1. The molecule has 1 aromatic carbocycles. The van der Waals surface area contributed by atoms with Crippen molar-refractivity contribution in [2.75, 3.05) is 6.61 Å². The van der Waals surface area contributed by atoms with Crippen LogP contribution in [0.25, 0.3) is 0 Å². The summed E-state index contributed by atoms with van der Waals surface area (Å²) in [4.78, 5) is 4.21. The minimum absolute atomic E-state index is 0.145. The summed E-state index contributed by atoms with van der Waals surface area (Å²) in [5, 5.41) is 8.88. The predicted octanol–water partition coefficient (Wildman–Crippen LogP) is 1.47. The predicted molar refractivity (Wildman–Crippen MR) is 58.6 cm³/mol. The van der Waals surface area contributed by atoms with Gasteiger partial charge in [-0.2, -0.15) is 0 Å². The van der Waals surface area contributed by atoms with E-state index in [4.69, 9.17) is 5.11 Å². The summed E-state index contributed by atoms with van der Waals surface area (Å²) < 4.78 is 2.06. The Balaban J connectivity index is 2.14. The lowest BCUT2D eigenvalue weighted by Crippen LogP contribution is -2.06. The van der Waals surface area contributed by atoms with E-state index in [0.29, 0.717) is 6.42 Å². The second-order valence-corrected chi connectivity index (χ2v) is 3.43. The highest BCUT2D eigenvalue weighted by Crippen LogP contribution is 2.05. The van der Waals surface area contributed by atoms with Crippen LogP contribution < -0.4 is 0 Å². The Hall–Kier alpha value is -1.61. The van der Waals surface area contributed by atoms with Crippen molar-refractivity contribution in [1.29, 1.82) is 0 Å². The molecule has 0 bridgehead atoms. The summed E-state index contributed by atoms with van der Waals surface area (Å²) in [7, 11) is 0. The number of hydrogen-bond donors (Lipinski definition) is 1. The van der Waals surface area contributed by atoms with Crippen molar-refractivity contribution in [2.24, 2.45) is 0 Å². The van der Waals surface area contributed by atoms with Crippen molar-refractivity contribution in [3.8, 4) is 0 Å². The molecule has 0 radical (unpaired) electrons. The summed E-state index contributed by atoms with van der Waals surface area (Å²) in [5.41, 5.74) is 1.25. The molecule has 0 atom stereocenters. The second kappa shape index (κ2) is 4.75. The first kappa shape index (κ1) is 9.93. The third-order valence-corrected chi connectivity index (χ3v) is 2.33. The Bertz CT molecular complexity index is 409. The van der Waals surface area contributed by atoms with Gasteiger partial charge in [-0.1, -0.05) is 30.3 Å². The standard InChI is InChI=1S/C12H14N2O/c15-9-6-12-13-7-8-14(12)10-11-4-2-1-3-5-11/h1-5,7-8,15H,6,9-10H2. The molecule has 0 saturated heterocycles. The molecule has 0 aliphatic heterocycles. The lowest BCUT2D eigenvalue weighted by Gasteiger charge is -2.06. The Morgan fingerprint density at radius 2 is 2.00 bits per heavy atom. The van der Waals surface area contributed by atoms with Crippen molar-refractivity contribution >= 4 is 0 Å². The Morgan fingerprint density at radius 1 is 1.20 bits per heavy atom. The van der Waals surface area contributed by atoms with Gasteiger partial charge in [-0.15, -0.1) is 0 Å². The fourth-order valence-corrected chi connectivity index (χ4v) is 1.59. The van der Waals surface area contributed by atoms with E-state index in [9.17, 15) is 0 Å². The number of hydrogen-bond acceptors (Lipinski definition) is 2. The summed E-state index contributed by atoms with van der Waals surface area (Å²) in [6, 6.07) is 10.2. The molecule has 0 amide bonds. The number of aliphatic hydroxyl groups excluding tert-OH is 1. The third kappa shape index (κ3) is 2.44.